The van der Waals surface area contributed by atoms with Crippen LogP contribution in [0.2, 0.25) is 10.0 Å². The van der Waals surface area contributed by atoms with E-state index in [0.717, 1.165) is 11.1 Å². The van der Waals surface area contributed by atoms with E-state index in [9.17, 15) is 63.3 Å². The van der Waals surface area contributed by atoms with Gasteiger partial charge >= 0.3 is 23.9 Å². The molecule has 0 aromatic heterocycles. The molecule has 8 aromatic rings. The van der Waals surface area contributed by atoms with Crippen LogP contribution in [0.1, 0.15) is 132 Å². The van der Waals surface area contributed by atoms with Gasteiger partial charge in [-0.3, -0.25) is 43.2 Å². The van der Waals surface area contributed by atoms with E-state index in [1.807, 2.05) is 24.3 Å². The van der Waals surface area contributed by atoms with Crippen molar-refractivity contribution in [3.05, 3.63) is 225 Å². The lowest BCUT2D eigenvalue weighted by Crippen LogP contribution is -2.29. The molecule has 5 amide bonds. The molecule has 0 aliphatic heterocycles. The maximum atomic E-state index is 13.8. The maximum Gasteiger partial charge on any atom is 0.322 e. The molecule has 0 radical (unpaired) electrons. The normalized spacial score (nSPS) is 10.2. The van der Waals surface area contributed by atoms with E-state index < -0.39 is 42.1 Å². The number of hydrogen-bond acceptors (Lipinski definition) is 16. The van der Waals surface area contributed by atoms with Gasteiger partial charge in [-0.1, -0.05) is 50.9 Å². The molecule has 0 bridgehead atoms. The Morgan fingerprint density at radius 3 is 1.00 bits per heavy atom. The Balaban J connectivity index is 0.000000267. The molecular weight excluding hydrogens is 1890 g/mol. The Morgan fingerprint density at radius 2 is 0.688 bits per heavy atom. The number of anilines is 4. The Hall–Kier alpha value is -9.95. The minimum absolute atomic E-state index is 0.0277. The van der Waals surface area contributed by atoms with Gasteiger partial charge in [-0.05, 0) is 269 Å². The van der Waals surface area contributed by atoms with Gasteiger partial charge in [0.2, 0.25) is 23.6 Å². The smallest absolute Gasteiger partial charge is 0.322 e. The summed E-state index contributed by atoms with van der Waals surface area (Å²) in [5.41, 5.74) is 8.14. The summed E-state index contributed by atoms with van der Waals surface area (Å²) in [6.07, 6.45) is 1.91. The molecule has 0 unspecified atom stereocenters. The molecule has 0 aliphatic carbocycles. The van der Waals surface area contributed by atoms with Crippen molar-refractivity contribution in [1.29, 1.82) is 15.8 Å². The number of amides is 5. The van der Waals surface area contributed by atoms with Crippen LogP contribution in [0.4, 0.5) is 27.1 Å². The summed E-state index contributed by atoms with van der Waals surface area (Å²) in [4.78, 5) is 101. The van der Waals surface area contributed by atoms with Gasteiger partial charge in [-0.25, -0.2) is 4.39 Å². The second-order valence-electron chi connectivity index (χ2n) is 23.6. The lowest BCUT2D eigenvalue weighted by Gasteiger charge is -2.13. The zero-order valence-corrected chi connectivity index (χ0v) is 70.8. The standard InChI is InChI=1S/C20H17Br2N3O5.C20H18Br2N2O4.C20H18Cl2N2O4.C18H16Br2FNO4/c1-2-17(26)25-14-4-11(8-23)3-12(5-14)10-30-19-15(21)6-13(7-16(19)22)20(29)24-9-18(27)28;2*1-2-18(25)24-15-6-13(10-23)5-14(7-15)11-28-20-16(21)8-12(9-17(20)22)3-4-19(26)27;1-2-16(23)22-13-4-11(3-12(21)8-13)9-26-18-14(19)5-10(6-15(18)20)7-17(24)25/h3-7H,2,9-10H2,1H3,(H,24,29)(H,25,26)(H,27,28);2*5-9H,2-4,11H2,1H3,(H,24,25)(H,26,27);3-6,8H,2,7,9H2,1H3,(H,22,23)(H,24,25). The van der Waals surface area contributed by atoms with Crippen LogP contribution in [0, 0.1) is 39.8 Å². The summed E-state index contributed by atoms with van der Waals surface area (Å²) in [6.45, 7) is 6.89. The summed E-state index contributed by atoms with van der Waals surface area (Å²) in [6, 6.07) is 38.5. The number of carboxylic acid groups (broad SMARTS) is 4. The number of aryl methyl sites for hydroxylation is 2. The SMILES string of the molecule is CCC(=O)Nc1cc(C#N)cc(COc2c(Br)cc(C(=O)NCC(=O)O)cc2Br)c1.CCC(=O)Nc1cc(C#N)cc(COc2c(Br)cc(CCC(=O)O)cc2Br)c1.CCC(=O)Nc1cc(C#N)cc(COc2c(Cl)cc(CCC(=O)O)cc2Cl)c1.CCC(=O)Nc1cc(F)cc(COc2c(Br)cc(CC(=O)O)cc2Br)c1. The number of benzene rings is 8. The number of hydrogen-bond donors (Lipinski definition) is 9. The third-order valence-corrected chi connectivity index (χ3v) is 18.8. The number of carboxylic acids is 4. The molecule has 0 saturated carbocycles. The zero-order valence-electron chi connectivity index (χ0n) is 59.8. The number of nitrogens with one attached hydrogen (secondary N) is 5. The van der Waals surface area contributed by atoms with Crippen LogP contribution < -0.4 is 45.5 Å². The molecule has 0 saturated heterocycles. The van der Waals surface area contributed by atoms with Crippen LogP contribution in [0.15, 0.2) is 148 Å². The van der Waals surface area contributed by atoms with Crippen molar-refractivity contribution in [1.82, 2.24) is 5.32 Å². The predicted molar refractivity (Wildman–Crippen MR) is 438 cm³/mol. The van der Waals surface area contributed by atoms with Crippen LogP contribution in [-0.2, 0) is 84.0 Å². The third kappa shape index (κ3) is 32.0. The first kappa shape index (κ1) is 92.7. The Labute approximate surface area is 703 Å². The van der Waals surface area contributed by atoms with Gasteiger partial charge in [0.1, 0.15) is 56.0 Å². The first-order valence-electron chi connectivity index (χ1n) is 33.4. The van der Waals surface area contributed by atoms with Gasteiger partial charge in [0.05, 0.1) is 78.2 Å². The van der Waals surface area contributed by atoms with E-state index in [4.69, 9.17) is 62.6 Å². The molecule has 112 heavy (non-hydrogen) atoms. The second-order valence-corrected chi connectivity index (χ2v) is 29.5. The van der Waals surface area contributed by atoms with Crippen LogP contribution in [0.3, 0.4) is 0 Å². The average Bonchev–Trinajstić information content (AvgIpc) is 0.850. The van der Waals surface area contributed by atoms with E-state index in [1.165, 1.54) is 24.3 Å². The predicted octanol–water partition coefficient (Wildman–Crippen LogP) is 18.6. The summed E-state index contributed by atoms with van der Waals surface area (Å²) in [7, 11) is 0. The van der Waals surface area contributed by atoms with Gasteiger partial charge in [0.25, 0.3) is 5.91 Å². The van der Waals surface area contributed by atoms with E-state index in [0.29, 0.717) is 150 Å². The lowest BCUT2D eigenvalue weighted by molar-refractivity contribution is -0.138. The maximum absolute atomic E-state index is 13.8. The van der Waals surface area contributed by atoms with Gasteiger partial charge in [0, 0.05) is 66.8 Å². The topological polar surface area (TPSA) is 403 Å². The molecule has 0 heterocycles. The Kier molecular flexibility index (Phi) is 38.7. The van der Waals surface area contributed by atoms with Crippen molar-refractivity contribution in [3.63, 3.8) is 0 Å². The summed E-state index contributed by atoms with van der Waals surface area (Å²) in [5.74, 6) is -3.79. The molecule has 9 N–H and O–H groups in total. The number of nitriles is 3. The fourth-order valence-corrected chi connectivity index (χ4v) is 14.6. The van der Waals surface area contributed by atoms with E-state index in [1.54, 1.807) is 113 Å². The van der Waals surface area contributed by atoms with Crippen LogP contribution in [0.25, 0.3) is 0 Å². The number of halogens is 9. The summed E-state index contributed by atoms with van der Waals surface area (Å²) < 4.78 is 40.4. The molecule has 8 rings (SSSR count). The summed E-state index contributed by atoms with van der Waals surface area (Å²) >= 11 is 32.8. The Bertz CT molecular complexity index is 4730. The molecule has 34 heteroatoms. The van der Waals surface area contributed by atoms with Crippen LogP contribution in [0.5, 0.6) is 23.0 Å². The Morgan fingerprint density at radius 1 is 0.384 bits per heavy atom. The number of rotatable bonds is 31. The van der Waals surface area contributed by atoms with Crippen LogP contribution in [-0.4, -0.2) is 80.4 Å². The van der Waals surface area contributed by atoms with Crippen molar-refractivity contribution in [2.45, 2.75) is 112 Å². The molecule has 8 aromatic carbocycles. The first-order chi connectivity index (χ1) is 53.1. The number of ether oxygens (including phenoxy) is 4. The summed E-state index contributed by atoms with van der Waals surface area (Å²) in [5, 5.41) is 76.3. The molecule has 0 fully saturated rings. The van der Waals surface area contributed by atoms with Gasteiger partial charge in [-0.15, -0.1) is 0 Å². The molecule has 0 aliphatic rings. The van der Waals surface area contributed by atoms with E-state index in [2.05, 4.69) is 128 Å². The minimum atomic E-state index is -1.14. The van der Waals surface area contributed by atoms with Crippen molar-refractivity contribution in [2.24, 2.45) is 0 Å². The van der Waals surface area contributed by atoms with E-state index in [-0.39, 0.29) is 90.7 Å². The fraction of sp³-hybridized carbons (Fsp3) is 0.231. The number of carbonyl (C=O) groups is 9. The quantitative estimate of drug-likeness (QED) is 0.0195. The second kappa shape index (κ2) is 46.8. The van der Waals surface area contributed by atoms with Crippen molar-refractivity contribution in [2.75, 3.05) is 27.8 Å². The van der Waals surface area contributed by atoms with Gasteiger partial charge in [0.15, 0.2) is 5.75 Å². The third-order valence-electron chi connectivity index (χ3n) is 14.7. The van der Waals surface area contributed by atoms with Crippen LogP contribution >= 0.6 is 119 Å². The highest BCUT2D eigenvalue weighted by Crippen LogP contribution is 2.40. The molecule has 25 nitrogen and oxygen atoms in total. The molecular formula is C78H69Br6Cl2FN8O17. The van der Waals surface area contributed by atoms with Crippen molar-refractivity contribution < 1.29 is 86.9 Å². The molecule has 586 valence electrons. The average molecular weight is 1960 g/mol. The van der Waals surface area contributed by atoms with Crippen molar-refractivity contribution in [3.8, 4) is 41.2 Å². The lowest BCUT2D eigenvalue weighted by atomic mass is 10.1. The molecule has 0 atom stereocenters. The monoisotopic (exact) mass is 1950 g/mol. The number of carbonyl (C=O) groups excluding carboxylic acids is 5. The first-order valence-corrected chi connectivity index (χ1v) is 38.9. The highest BCUT2D eigenvalue weighted by atomic mass is 79.9. The molecule has 0 spiro atoms. The largest absolute Gasteiger partial charge is 0.487 e. The number of aliphatic carboxylic acids is 4. The van der Waals surface area contributed by atoms with Gasteiger partial charge in [-0.2, -0.15) is 15.8 Å². The number of nitrogens with zero attached hydrogens (tertiary/aromatic N) is 3. The highest BCUT2D eigenvalue weighted by Gasteiger charge is 2.19. The fourth-order valence-electron chi connectivity index (χ4n) is 9.57. The highest BCUT2D eigenvalue weighted by molar-refractivity contribution is 9.12. The minimum Gasteiger partial charge on any atom is -0.487 e. The zero-order chi connectivity index (χ0) is 82.9. The van der Waals surface area contributed by atoms with E-state index >= 15 is 0 Å². The van der Waals surface area contributed by atoms with Crippen molar-refractivity contribution >= 4 is 195 Å². The van der Waals surface area contributed by atoms with Gasteiger partial charge < -0.3 is 66.0 Å².